The van der Waals surface area contributed by atoms with Crippen molar-refractivity contribution in [3.05, 3.63) is 0 Å². The number of aliphatic hydroxyl groups is 1. The van der Waals surface area contributed by atoms with Crippen LogP contribution in [0, 0.1) is 23.7 Å². The van der Waals surface area contributed by atoms with Gasteiger partial charge in [0.1, 0.15) is 19.3 Å². The number of carbonyl (C=O) groups excluding carboxylic acids is 4. The molecule has 19 heteroatoms. The number of unbranched alkanes of at least 4 members (excludes halogenated alkanes) is 25. The number of esters is 4. The number of hydrogen-bond acceptors (Lipinski definition) is 15. The summed E-state index contributed by atoms with van der Waals surface area (Å²) in [5.41, 5.74) is 0. The molecule has 83 heavy (non-hydrogen) atoms. The van der Waals surface area contributed by atoms with Crippen molar-refractivity contribution in [1.82, 2.24) is 0 Å². The average molecular weight is 1230 g/mol. The van der Waals surface area contributed by atoms with Crippen LogP contribution < -0.4 is 0 Å². The summed E-state index contributed by atoms with van der Waals surface area (Å²) in [7, 11) is -9.89. The molecule has 0 aliphatic carbocycles. The van der Waals surface area contributed by atoms with E-state index >= 15 is 0 Å². The van der Waals surface area contributed by atoms with Gasteiger partial charge < -0.3 is 33.8 Å². The predicted octanol–water partition coefficient (Wildman–Crippen LogP) is 17.4. The maximum absolute atomic E-state index is 13.0. The highest BCUT2D eigenvalue weighted by Crippen LogP contribution is 2.45. The molecule has 0 rings (SSSR count). The largest absolute Gasteiger partial charge is 0.472 e. The minimum absolute atomic E-state index is 0.101. The van der Waals surface area contributed by atoms with E-state index in [0.717, 1.165) is 114 Å². The fourth-order valence-corrected chi connectivity index (χ4v) is 10.9. The average Bonchev–Trinajstić information content (AvgIpc) is 3.48. The van der Waals surface area contributed by atoms with Crippen LogP contribution in [0.25, 0.3) is 0 Å². The molecule has 0 aliphatic rings. The van der Waals surface area contributed by atoms with Gasteiger partial charge in [-0.1, -0.05) is 254 Å². The van der Waals surface area contributed by atoms with Crippen molar-refractivity contribution in [1.29, 1.82) is 0 Å². The molecule has 0 amide bonds. The lowest BCUT2D eigenvalue weighted by Crippen LogP contribution is -2.30. The Morgan fingerprint density at radius 2 is 0.578 bits per heavy atom. The topological polar surface area (TPSA) is 237 Å². The number of phosphoric ester groups is 2. The van der Waals surface area contributed by atoms with E-state index in [-0.39, 0.29) is 25.7 Å². The molecule has 3 N–H and O–H groups in total. The summed E-state index contributed by atoms with van der Waals surface area (Å²) in [6.07, 6.45) is 33.6. The highest BCUT2D eigenvalue weighted by molar-refractivity contribution is 7.47. The molecule has 0 aliphatic heterocycles. The molecular formula is C64H124O17P2. The zero-order chi connectivity index (χ0) is 61.8. The normalized spacial score (nSPS) is 15.1. The summed E-state index contributed by atoms with van der Waals surface area (Å²) in [5, 5.41) is 10.5. The molecule has 0 spiro atoms. The van der Waals surface area contributed by atoms with E-state index in [1.54, 1.807) is 0 Å². The molecule has 0 aromatic carbocycles. The van der Waals surface area contributed by atoms with Crippen molar-refractivity contribution in [3.8, 4) is 0 Å². The summed E-state index contributed by atoms with van der Waals surface area (Å²) >= 11 is 0. The SMILES string of the molecule is CCC(C)CCCCCCCCCCC(=O)O[C@H](COC(=O)CCCCCCCCC(C)CC)COP(=O)(O)OC[C@H](O)COP(=O)(O)OC[C@@H](COC(=O)CCCCCCCCCCCC(C)C)OC(=O)CCCCCCCCC(C)C. The van der Waals surface area contributed by atoms with Crippen molar-refractivity contribution in [2.45, 2.75) is 324 Å². The van der Waals surface area contributed by atoms with Crippen LogP contribution in [-0.2, 0) is 65.4 Å². The third-order valence-electron chi connectivity index (χ3n) is 15.3. The second kappa shape index (κ2) is 54.2. The third kappa shape index (κ3) is 56.3. The number of aliphatic hydroxyl groups excluding tert-OH is 1. The van der Waals surface area contributed by atoms with Crippen molar-refractivity contribution in [3.63, 3.8) is 0 Å². The monoisotopic (exact) mass is 1230 g/mol. The lowest BCUT2D eigenvalue weighted by molar-refractivity contribution is -0.161. The molecule has 0 fully saturated rings. The van der Waals surface area contributed by atoms with Crippen molar-refractivity contribution in [2.75, 3.05) is 39.6 Å². The van der Waals surface area contributed by atoms with Crippen molar-refractivity contribution in [2.24, 2.45) is 23.7 Å². The molecular weight excluding hydrogens is 1100 g/mol. The van der Waals surface area contributed by atoms with Gasteiger partial charge in [0.25, 0.3) is 0 Å². The van der Waals surface area contributed by atoms with Crippen LogP contribution >= 0.6 is 15.6 Å². The molecule has 0 saturated heterocycles. The van der Waals surface area contributed by atoms with Gasteiger partial charge >= 0.3 is 39.5 Å². The Morgan fingerprint density at radius 1 is 0.337 bits per heavy atom. The van der Waals surface area contributed by atoms with Gasteiger partial charge in [0.15, 0.2) is 12.2 Å². The molecule has 4 unspecified atom stereocenters. The first-order valence-corrected chi connectivity index (χ1v) is 36.3. The summed E-state index contributed by atoms with van der Waals surface area (Å²) < 4.78 is 68.0. The van der Waals surface area contributed by atoms with Crippen LogP contribution in [0.5, 0.6) is 0 Å². The molecule has 7 atom stereocenters. The van der Waals surface area contributed by atoms with Gasteiger partial charge in [0.2, 0.25) is 0 Å². The van der Waals surface area contributed by atoms with Crippen LogP contribution in [0.15, 0.2) is 0 Å². The first-order chi connectivity index (χ1) is 39.7. The second-order valence-electron chi connectivity index (χ2n) is 24.6. The minimum atomic E-state index is -4.95. The first-order valence-electron chi connectivity index (χ1n) is 33.3. The lowest BCUT2D eigenvalue weighted by Gasteiger charge is -2.21. The third-order valence-corrected chi connectivity index (χ3v) is 17.2. The molecule has 17 nitrogen and oxygen atoms in total. The van der Waals surface area contributed by atoms with Crippen LogP contribution in [0.4, 0.5) is 0 Å². The lowest BCUT2D eigenvalue weighted by atomic mass is 9.99. The number of ether oxygens (including phenoxy) is 4. The van der Waals surface area contributed by atoms with Gasteiger partial charge in [-0.05, 0) is 49.4 Å². The molecule has 0 aromatic rings. The molecule has 0 radical (unpaired) electrons. The Balaban J connectivity index is 5.25. The standard InChI is InChI=1S/C64H124O17P2/c1-9-56(7)42-34-26-17-14-15-19-30-38-46-63(68)80-59(51-75-62(67)45-37-29-23-21-27-35-43-57(8)10-2)52-78-82(70,71)76-48-58(65)49-77-83(72,73)79-53-60(81-64(69)47-39-31-22-20-25-33-41-55(5)6)50-74-61(66)44-36-28-18-13-11-12-16-24-32-40-54(3)4/h54-60,65H,9-53H2,1-8H3,(H,70,71)(H,72,73)/t56?,57?,58-,59+,60+/m0/s1. The zero-order valence-electron chi connectivity index (χ0n) is 53.8. The number of phosphoric acid groups is 2. The van der Waals surface area contributed by atoms with Gasteiger partial charge in [0, 0.05) is 25.7 Å². The Bertz CT molecular complexity index is 1670. The Hall–Kier alpha value is -1.94. The van der Waals surface area contributed by atoms with Gasteiger partial charge in [-0.15, -0.1) is 0 Å². The smallest absolute Gasteiger partial charge is 0.462 e. The van der Waals surface area contributed by atoms with Crippen molar-refractivity contribution >= 4 is 39.5 Å². The highest BCUT2D eigenvalue weighted by Gasteiger charge is 2.30. The molecule has 0 aromatic heterocycles. The number of carbonyl (C=O) groups is 4. The van der Waals surface area contributed by atoms with Gasteiger partial charge in [0.05, 0.1) is 26.4 Å². The van der Waals surface area contributed by atoms with Gasteiger partial charge in [-0.3, -0.25) is 37.3 Å². The Kier molecular flexibility index (Phi) is 53.0. The zero-order valence-corrected chi connectivity index (χ0v) is 55.6. The Labute approximate surface area is 505 Å². The fourth-order valence-electron chi connectivity index (χ4n) is 9.36. The number of hydrogen-bond donors (Lipinski definition) is 3. The Morgan fingerprint density at radius 3 is 0.855 bits per heavy atom. The van der Waals surface area contributed by atoms with E-state index in [1.807, 2.05) is 0 Å². The molecule has 0 bridgehead atoms. The molecule has 0 heterocycles. The van der Waals surface area contributed by atoms with E-state index in [4.69, 9.17) is 37.0 Å². The van der Waals surface area contributed by atoms with Crippen LogP contribution in [0.3, 0.4) is 0 Å². The predicted molar refractivity (Wildman–Crippen MR) is 331 cm³/mol. The summed E-state index contributed by atoms with van der Waals surface area (Å²) in [6, 6.07) is 0. The second-order valence-corrected chi connectivity index (χ2v) is 27.5. The summed E-state index contributed by atoms with van der Waals surface area (Å²) in [6.45, 7) is 13.9. The maximum atomic E-state index is 13.0. The van der Waals surface area contributed by atoms with Gasteiger partial charge in [-0.25, -0.2) is 9.13 Å². The summed E-state index contributed by atoms with van der Waals surface area (Å²) in [5.74, 6) is 0.769. The van der Waals surface area contributed by atoms with E-state index < -0.39 is 97.5 Å². The fraction of sp³-hybridized carbons (Fsp3) is 0.938. The number of rotatable bonds is 61. The van der Waals surface area contributed by atoms with Crippen molar-refractivity contribution < 1.29 is 80.2 Å². The van der Waals surface area contributed by atoms with Crippen LogP contribution in [0.2, 0.25) is 0 Å². The van der Waals surface area contributed by atoms with Crippen LogP contribution in [0.1, 0.15) is 306 Å². The first kappa shape index (κ1) is 81.1. The molecule has 0 saturated carbocycles. The highest BCUT2D eigenvalue weighted by atomic mass is 31.2. The van der Waals surface area contributed by atoms with E-state index in [2.05, 4.69) is 55.4 Å². The minimum Gasteiger partial charge on any atom is -0.462 e. The molecule has 492 valence electrons. The van der Waals surface area contributed by atoms with Gasteiger partial charge in [-0.2, -0.15) is 0 Å². The van der Waals surface area contributed by atoms with E-state index in [0.29, 0.717) is 31.6 Å². The van der Waals surface area contributed by atoms with Crippen LogP contribution in [-0.4, -0.2) is 96.7 Å². The maximum Gasteiger partial charge on any atom is 0.472 e. The van der Waals surface area contributed by atoms with E-state index in [9.17, 15) is 43.2 Å². The summed E-state index contributed by atoms with van der Waals surface area (Å²) in [4.78, 5) is 72.2. The van der Waals surface area contributed by atoms with E-state index in [1.165, 1.54) is 103 Å². The quantitative estimate of drug-likeness (QED) is 0.0222.